The maximum atomic E-state index is 12.3. The van der Waals surface area contributed by atoms with E-state index < -0.39 is 4.87 Å². The number of anilines is 1. The van der Waals surface area contributed by atoms with Crippen molar-refractivity contribution in [2.24, 2.45) is 0 Å². The lowest BCUT2D eigenvalue weighted by Crippen LogP contribution is -2.39. The molecule has 0 aliphatic carbocycles. The van der Waals surface area contributed by atoms with Gasteiger partial charge >= 0.3 is 0 Å². The van der Waals surface area contributed by atoms with Gasteiger partial charge in [0.25, 0.3) is 0 Å². The van der Waals surface area contributed by atoms with Gasteiger partial charge in [0.05, 0.1) is 6.54 Å². The Labute approximate surface area is 123 Å². The number of para-hydroxylation sites is 1. The van der Waals surface area contributed by atoms with Crippen molar-refractivity contribution in [1.82, 2.24) is 9.78 Å². The Hall–Kier alpha value is -1.81. The Morgan fingerprint density at radius 1 is 1.40 bits per heavy atom. The number of amides is 1. The normalized spacial score (nSPS) is 13.8. The van der Waals surface area contributed by atoms with Crippen LogP contribution in [0.25, 0.3) is 0 Å². The van der Waals surface area contributed by atoms with Crippen LogP contribution in [0.1, 0.15) is 19.4 Å². The summed E-state index contributed by atoms with van der Waals surface area (Å²) in [6, 6.07) is 9.54. The molecule has 5 heteroatoms. The van der Waals surface area contributed by atoms with Crippen LogP contribution in [0.2, 0.25) is 0 Å². The molecule has 1 unspecified atom stereocenters. The predicted octanol–water partition coefficient (Wildman–Crippen LogP) is 3.08. The van der Waals surface area contributed by atoms with Gasteiger partial charge in [0.1, 0.15) is 4.87 Å². The second-order valence-electron chi connectivity index (χ2n) is 4.87. The average molecular weight is 292 g/mol. The molecule has 0 aliphatic rings. The summed E-state index contributed by atoms with van der Waals surface area (Å²) in [6.07, 6.45) is 4.31. The van der Waals surface area contributed by atoms with E-state index in [1.54, 1.807) is 30.1 Å². The van der Waals surface area contributed by atoms with Crippen molar-refractivity contribution < 1.29 is 4.79 Å². The number of benzene rings is 1. The SMILES string of the molecule is CCc1ccccc1NC(=O)C(C)(Cl)Cn1cccn1. The first-order valence-electron chi connectivity index (χ1n) is 6.58. The fraction of sp³-hybridized carbons (Fsp3) is 0.333. The predicted molar refractivity (Wildman–Crippen MR) is 80.9 cm³/mol. The molecule has 0 saturated carbocycles. The minimum absolute atomic E-state index is 0.226. The highest BCUT2D eigenvalue weighted by molar-refractivity contribution is 6.36. The first kappa shape index (κ1) is 14.6. The lowest BCUT2D eigenvalue weighted by molar-refractivity contribution is -0.118. The summed E-state index contributed by atoms with van der Waals surface area (Å²) in [4.78, 5) is 11.3. The summed E-state index contributed by atoms with van der Waals surface area (Å²) in [5.74, 6) is -0.226. The van der Waals surface area contributed by atoms with Crippen molar-refractivity contribution in [2.75, 3.05) is 5.32 Å². The third-order valence-corrected chi connectivity index (χ3v) is 3.43. The number of alkyl halides is 1. The van der Waals surface area contributed by atoms with Gasteiger partial charge in [-0.1, -0.05) is 25.1 Å². The number of halogens is 1. The van der Waals surface area contributed by atoms with Crippen LogP contribution in [-0.2, 0) is 17.8 Å². The van der Waals surface area contributed by atoms with Crippen LogP contribution in [-0.4, -0.2) is 20.6 Å². The van der Waals surface area contributed by atoms with E-state index in [0.29, 0.717) is 6.54 Å². The average Bonchev–Trinajstić information content (AvgIpc) is 2.91. The molecule has 1 N–H and O–H groups in total. The lowest BCUT2D eigenvalue weighted by Gasteiger charge is -2.22. The van der Waals surface area contributed by atoms with E-state index in [1.165, 1.54) is 0 Å². The highest BCUT2D eigenvalue weighted by Crippen LogP contribution is 2.22. The summed E-state index contributed by atoms with van der Waals surface area (Å²) in [5.41, 5.74) is 1.90. The molecule has 1 amide bonds. The second-order valence-corrected chi connectivity index (χ2v) is 5.70. The highest BCUT2D eigenvalue weighted by Gasteiger charge is 2.31. The van der Waals surface area contributed by atoms with Gasteiger partial charge in [0, 0.05) is 18.1 Å². The van der Waals surface area contributed by atoms with Crippen molar-refractivity contribution in [2.45, 2.75) is 31.7 Å². The summed E-state index contributed by atoms with van der Waals surface area (Å²) < 4.78 is 1.65. The van der Waals surface area contributed by atoms with Crippen molar-refractivity contribution >= 4 is 23.2 Å². The molecule has 1 aromatic carbocycles. The Balaban J connectivity index is 2.10. The third-order valence-electron chi connectivity index (χ3n) is 3.14. The first-order chi connectivity index (χ1) is 9.53. The molecule has 2 rings (SSSR count). The van der Waals surface area contributed by atoms with E-state index in [0.717, 1.165) is 17.7 Å². The van der Waals surface area contributed by atoms with E-state index in [2.05, 4.69) is 17.3 Å². The Morgan fingerprint density at radius 3 is 2.80 bits per heavy atom. The maximum Gasteiger partial charge on any atom is 0.247 e. The Morgan fingerprint density at radius 2 is 2.15 bits per heavy atom. The number of carbonyl (C=O) groups is 1. The monoisotopic (exact) mass is 291 g/mol. The van der Waals surface area contributed by atoms with Gasteiger partial charge in [-0.3, -0.25) is 9.48 Å². The smallest absolute Gasteiger partial charge is 0.247 e. The third kappa shape index (κ3) is 3.39. The lowest BCUT2D eigenvalue weighted by atomic mass is 10.1. The molecule has 20 heavy (non-hydrogen) atoms. The zero-order valence-electron chi connectivity index (χ0n) is 11.6. The zero-order valence-corrected chi connectivity index (χ0v) is 12.4. The molecule has 0 aliphatic heterocycles. The molecule has 0 radical (unpaired) electrons. The molecule has 106 valence electrons. The zero-order chi connectivity index (χ0) is 14.6. The van der Waals surface area contributed by atoms with Gasteiger partial charge in [0.2, 0.25) is 5.91 Å². The number of hydrogen-bond acceptors (Lipinski definition) is 2. The molecule has 4 nitrogen and oxygen atoms in total. The summed E-state index contributed by atoms with van der Waals surface area (Å²) in [7, 11) is 0. The van der Waals surface area contributed by atoms with E-state index >= 15 is 0 Å². The highest BCUT2D eigenvalue weighted by atomic mass is 35.5. The molecule has 2 aromatic rings. The van der Waals surface area contributed by atoms with Crippen LogP contribution >= 0.6 is 11.6 Å². The van der Waals surface area contributed by atoms with Gasteiger partial charge in [-0.25, -0.2) is 0 Å². The summed E-state index contributed by atoms with van der Waals surface area (Å²) in [6.45, 7) is 4.07. The quantitative estimate of drug-likeness (QED) is 0.861. The molecule has 0 saturated heterocycles. The van der Waals surface area contributed by atoms with E-state index in [1.807, 2.05) is 24.3 Å². The maximum absolute atomic E-state index is 12.3. The number of nitrogens with one attached hydrogen (secondary N) is 1. The number of aromatic nitrogens is 2. The fourth-order valence-corrected chi connectivity index (χ4v) is 2.14. The minimum Gasteiger partial charge on any atom is -0.324 e. The molecule has 0 fully saturated rings. The van der Waals surface area contributed by atoms with Crippen molar-refractivity contribution in [3.8, 4) is 0 Å². The van der Waals surface area contributed by atoms with E-state index in [-0.39, 0.29) is 5.91 Å². The number of aryl methyl sites for hydroxylation is 1. The molecule has 1 aromatic heterocycles. The van der Waals surface area contributed by atoms with E-state index in [4.69, 9.17) is 11.6 Å². The Bertz CT molecular complexity index is 579. The van der Waals surface area contributed by atoms with Crippen LogP contribution in [0, 0.1) is 0 Å². The van der Waals surface area contributed by atoms with Crippen molar-refractivity contribution in [3.05, 3.63) is 48.3 Å². The topological polar surface area (TPSA) is 46.9 Å². The van der Waals surface area contributed by atoms with Crippen LogP contribution in [0.3, 0.4) is 0 Å². The molecule has 1 heterocycles. The molecule has 1 atom stereocenters. The van der Waals surface area contributed by atoms with Gasteiger partial charge < -0.3 is 5.32 Å². The van der Waals surface area contributed by atoms with Crippen LogP contribution in [0.5, 0.6) is 0 Å². The van der Waals surface area contributed by atoms with Gasteiger partial charge in [-0.2, -0.15) is 5.10 Å². The molecular formula is C15H18ClN3O. The number of rotatable bonds is 5. The number of hydrogen-bond donors (Lipinski definition) is 1. The molecule has 0 bridgehead atoms. The minimum atomic E-state index is -1.05. The standard InChI is InChI=1S/C15H18ClN3O/c1-3-12-7-4-5-8-13(12)18-14(20)15(2,16)11-19-10-6-9-17-19/h4-10H,3,11H2,1-2H3,(H,18,20). The van der Waals surface area contributed by atoms with E-state index in [9.17, 15) is 4.79 Å². The largest absolute Gasteiger partial charge is 0.324 e. The van der Waals surface area contributed by atoms with Crippen molar-refractivity contribution in [1.29, 1.82) is 0 Å². The fourth-order valence-electron chi connectivity index (χ4n) is 1.97. The van der Waals surface area contributed by atoms with Gasteiger partial charge in [-0.15, -0.1) is 11.6 Å². The van der Waals surface area contributed by atoms with Gasteiger partial charge in [-0.05, 0) is 31.0 Å². The van der Waals surface area contributed by atoms with Crippen LogP contribution < -0.4 is 5.32 Å². The summed E-state index contributed by atoms with van der Waals surface area (Å²) in [5, 5.41) is 6.98. The second kappa shape index (κ2) is 6.09. The summed E-state index contributed by atoms with van der Waals surface area (Å²) >= 11 is 6.35. The Kier molecular flexibility index (Phi) is 4.45. The first-order valence-corrected chi connectivity index (χ1v) is 6.96. The van der Waals surface area contributed by atoms with Crippen LogP contribution in [0.15, 0.2) is 42.7 Å². The molecular weight excluding hydrogens is 274 g/mol. The van der Waals surface area contributed by atoms with Gasteiger partial charge in [0.15, 0.2) is 0 Å². The number of nitrogens with zero attached hydrogens (tertiary/aromatic N) is 2. The molecule has 0 spiro atoms. The van der Waals surface area contributed by atoms with Crippen LogP contribution in [0.4, 0.5) is 5.69 Å². The van der Waals surface area contributed by atoms with Crippen molar-refractivity contribution in [3.63, 3.8) is 0 Å². The number of carbonyl (C=O) groups excluding carboxylic acids is 1.